The van der Waals surface area contributed by atoms with Gasteiger partial charge < -0.3 is 5.32 Å². The quantitative estimate of drug-likeness (QED) is 0.455. The van der Waals surface area contributed by atoms with Crippen LogP contribution in [-0.4, -0.2) is 25.6 Å². The maximum absolute atomic E-state index is 10.9. The van der Waals surface area contributed by atoms with Crippen LogP contribution in [0.3, 0.4) is 0 Å². The van der Waals surface area contributed by atoms with Crippen molar-refractivity contribution in [1.29, 1.82) is 0 Å². The second kappa shape index (κ2) is 5.78. The molecule has 0 unspecified atom stereocenters. The molecule has 0 aliphatic rings. The SMILES string of the molecule is Cc1cccc(NCCCS(N)(=O)=O)c1[N+](=O)[O-]. The number of benzene rings is 1. The summed E-state index contributed by atoms with van der Waals surface area (Å²) in [6.07, 6.45) is 0.296. The number of nitro groups is 1. The first-order valence-corrected chi connectivity index (χ1v) is 7.01. The van der Waals surface area contributed by atoms with Crippen LogP contribution in [0, 0.1) is 17.0 Å². The number of nitro benzene ring substituents is 1. The summed E-state index contributed by atoms with van der Waals surface area (Å²) in [5.41, 5.74) is 0.943. The molecule has 0 spiro atoms. The van der Waals surface area contributed by atoms with E-state index < -0.39 is 14.9 Å². The molecule has 0 atom stereocenters. The van der Waals surface area contributed by atoms with Gasteiger partial charge in [0.2, 0.25) is 10.0 Å². The normalized spacial score (nSPS) is 11.2. The van der Waals surface area contributed by atoms with Gasteiger partial charge in [-0.1, -0.05) is 12.1 Å². The highest BCUT2D eigenvalue weighted by Gasteiger charge is 2.16. The minimum Gasteiger partial charge on any atom is -0.379 e. The molecule has 8 heteroatoms. The van der Waals surface area contributed by atoms with Crippen LogP contribution in [0.2, 0.25) is 0 Å². The third-order valence-electron chi connectivity index (χ3n) is 2.34. The van der Waals surface area contributed by atoms with Crippen LogP contribution in [0.5, 0.6) is 0 Å². The molecular weight excluding hydrogens is 258 g/mol. The number of nitrogens with two attached hydrogens (primary N) is 1. The molecule has 0 heterocycles. The Morgan fingerprint density at radius 1 is 1.44 bits per heavy atom. The van der Waals surface area contributed by atoms with E-state index in [2.05, 4.69) is 5.32 Å². The number of sulfonamides is 1. The average Bonchev–Trinajstić information content (AvgIpc) is 2.22. The molecule has 0 aliphatic heterocycles. The fraction of sp³-hybridized carbons (Fsp3) is 0.400. The van der Waals surface area contributed by atoms with E-state index in [-0.39, 0.29) is 11.4 Å². The Morgan fingerprint density at radius 3 is 2.67 bits per heavy atom. The molecule has 0 amide bonds. The monoisotopic (exact) mass is 273 g/mol. The van der Waals surface area contributed by atoms with E-state index in [0.29, 0.717) is 24.2 Å². The third-order valence-corrected chi connectivity index (χ3v) is 3.20. The molecule has 0 bridgehead atoms. The summed E-state index contributed by atoms with van der Waals surface area (Å²) in [5.74, 6) is -0.153. The number of primary sulfonamides is 1. The molecule has 0 saturated carbocycles. The summed E-state index contributed by atoms with van der Waals surface area (Å²) >= 11 is 0. The Bertz CT molecular complexity index is 542. The van der Waals surface area contributed by atoms with Gasteiger partial charge in [-0.2, -0.15) is 0 Å². The molecule has 1 aromatic rings. The first-order valence-electron chi connectivity index (χ1n) is 5.29. The van der Waals surface area contributed by atoms with Gasteiger partial charge in [0, 0.05) is 12.1 Å². The Balaban J connectivity index is 2.68. The molecule has 0 aliphatic carbocycles. The lowest BCUT2D eigenvalue weighted by atomic mass is 10.1. The number of nitrogens with zero attached hydrogens (tertiary/aromatic N) is 1. The molecule has 7 nitrogen and oxygen atoms in total. The topological polar surface area (TPSA) is 115 Å². The van der Waals surface area contributed by atoms with Crippen molar-refractivity contribution >= 4 is 21.4 Å². The molecule has 0 saturated heterocycles. The Hall–Kier alpha value is -1.67. The van der Waals surface area contributed by atoms with Crippen LogP contribution in [0.25, 0.3) is 0 Å². The first-order chi connectivity index (χ1) is 8.31. The molecule has 100 valence electrons. The van der Waals surface area contributed by atoms with Gasteiger partial charge in [-0.25, -0.2) is 13.6 Å². The number of nitrogens with one attached hydrogen (secondary N) is 1. The van der Waals surface area contributed by atoms with Crippen LogP contribution < -0.4 is 10.5 Å². The Labute approximate surface area is 105 Å². The van der Waals surface area contributed by atoms with E-state index in [1.54, 1.807) is 25.1 Å². The maximum Gasteiger partial charge on any atom is 0.295 e. The minimum absolute atomic E-state index is 0.00751. The number of hydrogen-bond donors (Lipinski definition) is 2. The standard InChI is InChI=1S/C10H15N3O4S/c1-8-4-2-5-9(10(8)13(14)15)12-6-3-7-18(11,16)17/h2,4-5,12H,3,6-7H2,1H3,(H2,11,16,17). The molecule has 0 radical (unpaired) electrons. The molecule has 3 N–H and O–H groups in total. The van der Waals surface area contributed by atoms with Crippen LogP contribution >= 0.6 is 0 Å². The van der Waals surface area contributed by atoms with Crippen molar-refractivity contribution in [3.63, 3.8) is 0 Å². The summed E-state index contributed by atoms with van der Waals surface area (Å²) in [6, 6.07) is 4.93. The lowest BCUT2D eigenvalue weighted by molar-refractivity contribution is -0.384. The smallest absolute Gasteiger partial charge is 0.295 e. The van der Waals surface area contributed by atoms with Gasteiger partial charge in [0.25, 0.3) is 5.69 Å². The fourth-order valence-corrected chi connectivity index (χ4v) is 2.09. The molecule has 0 aromatic heterocycles. The van der Waals surface area contributed by atoms with Crippen molar-refractivity contribution < 1.29 is 13.3 Å². The van der Waals surface area contributed by atoms with Crippen molar-refractivity contribution in [1.82, 2.24) is 0 Å². The van der Waals surface area contributed by atoms with Crippen molar-refractivity contribution in [3.05, 3.63) is 33.9 Å². The zero-order valence-electron chi connectivity index (χ0n) is 9.92. The zero-order chi connectivity index (χ0) is 13.8. The molecule has 1 aromatic carbocycles. The van der Waals surface area contributed by atoms with Gasteiger partial charge in [0.15, 0.2) is 0 Å². The summed E-state index contributed by atoms with van der Waals surface area (Å²) in [4.78, 5) is 10.4. The Kier molecular flexibility index (Phi) is 4.62. The van der Waals surface area contributed by atoms with Crippen molar-refractivity contribution in [2.24, 2.45) is 5.14 Å². The third kappa shape index (κ3) is 4.30. The van der Waals surface area contributed by atoms with E-state index in [1.807, 2.05) is 0 Å². The van der Waals surface area contributed by atoms with E-state index >= 15 is 0 Å². The van der Waals surface area contributed by atoms with Gasteiger partial charge >= 0.3 is 0 Å². The van der Waals surface area contributed by atoms with E-state index in [4.69, 9.17) is 5.14 Å². The number of rotatable bonds is 6. The first kappa shape index (κ1) is 14.4. The van der Waals surface area contributed by atoms with Crippen LogP contribution in [0.15, 0.2) is 18.2 Å². The van der Waals surface area contributed by atoms with Crippen molar-refractivity contribution in [2.75, 3.05) is 17.6 Å². The Morgan fingerprint density at radius 2 is 2.11 bits per heavy atom. The zero-order valence-corrected chi connectivity index (χ0v) is 10.7. The van der Waals surface area contributed by atoms with Crippen LogP contribution in [0.4, 0.5) is 11.4 Å². The lowest BCUT2D eigenvalue weighted by Gasteiger charge is -2.07. The molecule has 0 fully saturated rings. The maximum atomic E-state index is 10.9. The second-order valence-corrected chi connectivity index (χ2v) is 5.61. The fourth-order valence-electron chi connectivity index (χ4n) is 1.54. The van der Waals surface area contributed by atoms with Gasteiger partial charge in [-0.05, 0) is 19.4 Å². The number of hydrogen-bond acceptors (Lipinski definition) is 5. The van der Waals surface area contributed by atoms with Crippen molar-refractivity contribution in [3.8, 4) is 0 Å². The number of para-hydroxylation sites is 1. The molecule has 18 heavy (non-hydrogen) atoms. The summed E-state index contributed by atoms with van der Waals surface area (Å²) in [7, 11) is -3.49. The highest BCUT2D eigenvalue weighted by Crippen LogP contribution is 2.27. The van der Waals surface area contributed by atoms with Gasteiger partial charge in [0.05, 0.1) is 10.7 Å². The second-order valence-electron chi connectivity index (χ2n) is 3.88. The lowest BCUT2D eigenvalue weighted by Crippen LogP contribution is -2.18. The molecule has 1 rings (SSSR count). The average molecular weight is 273 g/mol. The predicted octanol–water partition coefficient (Wildman–Crippen LogP) is 0.994. The van der Waals surface area contributed by atoms with Crippen LogP contribution in [-0.2, 0) is 10.0 Å². The predicted molar refractivity (Wildman–Crippen MR) is 68.9 cm³/mol. The molecular formula is C10H15N3O4S. The minimum atomic E-state index is -3.49. The summed E-state index contributed by atoms with van der Waals surface area (Å²) in [6.45, 7) is 1.95. The van der Waals surface area contributed by atoms with E-state index in [0.717, 1.165) is 0 Å². The van der Waals surface area contributed by atoms with Gasteiger partial charge in [-0.3, -0.25) is 10.1 Å². The van der Waals surface area contributed by atoms with Crippen molar-refractivity contribution in [2.45, 2.75) is 13.3 Å². The number of anilines is 1. The summed E-state index contributed by atoms with van der Waals surface area (Å²) in [5, 5.41) is 18.6. The largest absolute Gasteiger partial charge is 0.379 e. The summed E-state index contributed by atoms with van der Waals surface area (Å²) < 4.78 is 21.4. The highest BCUT2D eigenvalue weighted by molar-refractivity contribution is 7.89. The van der Waals surface area contributed by atoms with Crippen LogP contribution in [0.1, 0.15) is 12.0 Å². The van der Waals surface area contributed by atoms with Gasteiger partial charge in [0.1, 0.15) is 5.69 Å². The van der Waals surface area contributed by atoms with Gasteiger partial charge in [-0.15, -0.1) is 0 Å². The highest BCUT2D eigenvalue weighted by atomic mass is 32.2. The number of aryl methyl sites for hydroxylation is 1. The van der Waals surface area contributed by atoms with E-state index in [9.17, 15) is 18.5 Å². The van der Waals surface area contributed by atoms with E-state index in [1.165, 1.54) is 0 Å².